The van der Waals surface area contributed by atoms with Crippen molar-refractivity contribution in [2.24, 2.45) is 0 Å². The van der Waals surface area contributed by atoms with Crippen LogP contribution in [0.5, 0.6) is 0 Å². The van der Waals surface area contributed by atoms with Gasteiger partial charge in [-0.3, -0.25) is 19.4 Å². The second kappa shape index (κ2) is 9.62. The molecular weight excluding hydrogens is 388 g/mol. The first-order valence-electron chi connectivity index (χ1n) is 11.2. The zero-order chi connectivity index (χ0) is 21.8. The Morgan fingerprint density at radius 2 is 1.39 bits per heavy atom. The van der Waals surface area contributed by atoms with Crippen molar-refractivity contribution < 1.29 is 9.59 Å². The molecule has 6 nitrogen and oxygen atoms in total. The summed E-state index contributed by atoms with van der Waals surface area (Å²) in [4.78, 5) is 29.3. The van der Waals surface area contributed by atoms with E-state index in [1.165, 1.54) is 17.5 Å². The zero-order valence-corrected chi connectivity index (χ0v) is 18.5. The second-order valence-corrected chi connectivity index (χ2v) is 8.75. The van der Waals surface area contributed by atoms with Gasteiger partial charge in [-0.25, -0.2) is 0 Å². The normalized spacial score (nSPS) is 16.7. The Morgan fingerprint density at radius 3 is 2.03 bits per heavy atom. The number of rotatable bonds is 6. The lowest BCUT2D eigenvalue weighted by atomic mass is 10.1. The van der Waals surface area contributed by atoms with E-state index in [1.54, 1.807) is 0 Å². The molecule has 1 aliphatic heterocycles. The number of hydrogen-bond donors (Lipinski definition) is 2. The van der Waals surface area contributed by atoms with Gasteiger partial charge in [0.15, 0.2) is 0 Å². The number of carbonyl (C=O) groups excluding carboxylic acids is 2. The molecule has 2 aromatic rings. The van der Waals surface area contributed by atoms with E-state index in [1.807, 2.05) is 38.1 Å². The van der Waals surface area contributed by atoms with Crippen LogP contribution in [-0.4, -0.2) is 60.9 Å². The summed E-state index contributed by atoms with van der Waals surface area (Å²) >= 11 is 0. The van der Waals surface area contributed by atoms with E-state index in [9.17, 15) is 9.59 Å². The minimum atomic E-state index is 0.0141. The summed E-state index contributed by atoms with van der Waals surface area (Å²) in [6.07, 6.45) is 3.47. The third-order valence-corrected chi connectivity index (χ3v) is 6.33. The number of anilines is 2. The second-order valence-electron chi connectivity index (χ2n) is 8.75. The number of amides is 2. The number of nitrogens with one attached hydrogen (secondary N) is 2. The molecule has 4 rings (SSSR count). The fourth-order valence-electron chi connectivity index (χ4n) is 4.55. The maximum Gasteiger partial charge on any atom is 0.238 e. The quantitative estimate of drug-likeness (QED) is 0.754. The number of carbonyl (C=O) groups is 2. The molecule has 1 saturated heterocycles. The highest BCUT2D eigenvalue weighted by molar-refractivity contribution is 5.94. The Hall–Kier alpha value is -2.70. The number of fused-ring (bicyclic) bond motifs is 1. The molecule has 1 heterocycles. The van der Waals surface area contributed by atoms with Crippen molar-refractivity contribution in [2.45, 2.75) is 33.1 Å². The molecule has 2 aliphatic rings. The zero-order valence-electron chi connectivity index (χ0n) is 18.5. The molecular formula is C25H32N4O2. The van der Waals surface area contributed by atoms with Crippen LogP contribution in [0.4, 0.5) is 11.4 Å². The van der Waals surface area contributed by atoms with Gasteiger partial charge in [-0.15, -0.1) is 0 Å². The van der Waals surface area contributed by atoms with Crippen LogP contribution in [0.1, 0.15) is 28.7 Å². The summed E-state index contributed by atoms with van der Waals surface area (Å²) in [7, 11) is 0. The van der Waals surface area contributed by atoms with Gasteiger partial charge < -0.3 is 10.6 Å². The molecule has 2 N–H and O–H groups in total. The fourth-order valence-corrected chi connectivity index (χ4v) is 4.55. The van der Waals surface area contributed by atoms with Crippen LogP contribution in [0, 0.1) is 13.8 Å². The Balaban J connectivity index is 1.20. The van der Waals surface area contributed by atoms with E-state index in [0.717, 1.165) is 61.5 Å². The molecule has 164 valence electrons. The summed E-state index contributed by atoms with van der Waals surface area (Å²) in [6.45, 7) is 7.92. The number of para-hydroxylation sites is 1. The van der Waals surface area contributed by atoms with Crippen LogP contribution in [-0.2, 0) is 22.4 Å². The van der Waals surface area contributed by atoms with E-state index in [-0.39, 0.29) is 11.8 Å². The molecule has 0 bridgehead atoms. The average molecular weight is 421 g/mol. The third-order valence-electron chi connectivity index (χ3n) is 6.33. The minimum Gasteiger partial charge on any atom is -0.325 e. The Labute approximate surface area is 184 Å². The summed E-state index contributed by atoms with van der Waals surface area (Å²) in [5.74, 6) is 0.0411. The Morgan fingerprint density at radius 1 is 0.806 bits per heavy atom. The van der Waals surface area contributed by atoms with E-state index in [2.05, 4.69) is 32.6 Å². The summed E-state index contributed by atoms with van der Waals surface area (Å²) < 4.78 is 0. The van der Waals surface area contributed by atoms with Crippen molar-refractivity contribution in [1.82, 2.24) is 9.80 Å². The van der Waals surface area contributed by atoms with Crippen LogP contribution in [0.2, 0.25) is 0 Å². The first kappa shape index (κ1) is 21.5. The van der Waals surface area contributed by atoms with Crippen LogP contribution in [0.25, 0.3) is 0 Å². The topological polar surface area (TPSA) is 64.7 Å². The van der Waals surface area contributed by atoms with Gasteiger partial charge in [0.2, 0.25) is 11.8 Å². The van der Waals surface area contributed by atoms with Gasteiger partial charge in [0.25, 0.3) is 0 Å². The van der Waals surface area contributed by atoms with Gasteiger partial charge in [0, 0.05) is 37.6 Å². The van der Waals surface area contributed by atoms with Gasteiger partial charge >= 0.3 is 0 Å². The van der Waals surface area contributed by atoms with Crippen LogP contribution in [0.3, 0.4) is 0 Å². The van der Waals surface area contributed by atoms with Gasteiger partial charge in [-0.1, -0.05) is 24.3 Å². The number of aryl methyl sites for hydroxylation is 4. The predicted molar refractivity (Wildman–Crippen MR) is 125 cm³/mol. The van der Waals surface area contributed by atoms with Crippen molar-refractivity contribution in [3.8, 4) is 0 Å². The van der Waals surface area contributed by atoms with Crippen molar-refractivity contribution in [3.05, 3.63) is 58.7 Å². The maximum atomic E-state index is 12.5. The van der Waals surface area contributed by atoms with Crippen molar-refractivity contribution >= 4 is 23.2 Å². The summed E-state index contributed by atoms with van der Waals surface area (Å²) in [5.41, 5.74) is 6.74. The van der Waals surface area contributed by atoms with Crippen LogP contribution < -0.4 is 10.6 Å². The first-order valence-corrected chi connectivity index (χ1v) is 11.2. The maximum absolute atomic E-state index is 12.5. The van der Waals surface area contributed by atoms with Crippen molar-refractivity contribution in [3.63, 3.8) is 0 Å². The first-order chi connectivity index (χ1) is 15.0. The molecule has 0 atom stereocenters. The average Bonchev–Trinajstić information content (AvgIpc) is 3.20. The smallest absolute Gasteiger partial charge is 0.238 e. The summed E-state index contributed by atoms with van der Waals surface area (Å²) in [6, 6.07) is 12.3. The van der Waals surface area contributed by atoms with Crippen LogP contribution in [0.15, 0.2) is 36.4 Å². The predicted octanol–water partition coefficient (Wildman–Crippen LogP) is 2.99. The Kier molecular flexibility index (Phi) is 6.68. The van der Waals surface area contributed by atoms with Gasteiger partial charge in [0.1, 0.15) is 0 Å². The number of benzene rings is 2. The van der Waals surface area contributed by atoms with Gasteiger partial charge in [-0.05, 0) is 67.5 Å². The summed E-state index contributed by atoms with van der Waals surface area (Å²) in [5, 5.41) is 6.10. The molecule has 0 aromatic heterocycles. The lowest BCUT2D eigenvalue weighted by Crippen LogP contribution is -2.50. The minimum absolute atomic E-state index is 0.0141. The Bertz CT molecular complexity index is 944. The largest absolute Gasteiger partial charge is 0.325 e. The third kappa shape index (κ3) is 5.51. The molecule has 0 unspecified atom stereocenters. The molecule has 2 aromatic carbocycles. The number of hydrogen-bond acceptors (Lipinski definition) is 4. The van der Waals surface area contributed by atoms with Crippen molar-refractivity contribution in [1.29, 1.82) is 0 Å². The molecule has 1 fully saturated rings. The van der Waals surface area contributed by atoms with Crippen LogP contribution >= 0.6 is 0 Å². The number of nitrogens with zero attached hydrogens (tertiary/aromatic N) is 2. The van der Waals surface area contributed by atoms with Gasteiger partial charge in [0.05, 0.1) is 13.1 Å². The van der Waals surface area contributed by atoms with Gasteiger partial charge in [-0.2, -0.15) is 0 Å². The van der Waals surface area contributed by atoms with E-state index in [4.69, 9.17) is 0 Å². The molecule has 0 spiro atoms. The van der Waals surface area contributed by atoms with Crippen molar-refractivity contribution in [2.75, 3.05) is 49.9 Å². The standard InChI is InChI=1S/C25H32N4O2/c1-18-5-3-6-19(2)25(18)27-24(31)17-29-13-11-28(12-14-29)16-23(30)26-22-10-9-20-7-4-8-21(20)15-22/h3,5-6,9-10,15H,4,7-8,11-14,16-17H2,1-2H3,(H,26,30)(H,27,31). The molecule has 6 heteroatoms. The number of piperazine rings is 1. The molecule has 1 aliphatic carbocycles. The highest BCUT2D eigenvalue weighted by atomic mass is 16.2. The van der Waals surface area contributed by atoms with E-state index < -0.39 is 0 Å². The lowest BCUT2D eigenvalue weighted by Gasteiger charge is -2.33. The lowest BCUT2D eigenvalue weighted by molar-refractivity contribution is -0.120. The molecule has 0 radical (unpaired) electrons. The van der Waals surface area contributed by atoms with E-state index in [0.29, 0.717) is 13.1 Å². The molecule has 2 amide bonds. The highest BCUT2D eigenvalue weighted by Crippen LogP contribution is 2.25. The highest BCUT2D eigenvalue weighted by Gasteiger charge is 2.21. The SMILES string of the molecule is Cc1cccc(C)c1NC(=O)CN1CCN(CC(=O)Nc2ccc3c(c2)CCC3)CC1. The monoisotopic (exact) mass is 420 g/mol. The van der Waals surface area contributed by atoms with E-state index >= 15 is 0 Å². The molecule has 0 saturated carbocycles. The molecule has 31 heavy (non-hydrogen) atoms. The fraction of sp³-hybridized carbons (Fsp3) is 0.440.